The number of thiophene rings is 1. The van der Waals surface area contributed by atoms with Crippen molar-refractivity contribution >= 4 is 61.3 Å². The van der Waals surface area contributed by atoms with E-state index in [1.54, 1.807) is 4.90 Å². The fourth-order valence-corrected chi connectivity index (χ4v) is 4.31. The number of ether oxygens (including phenoxy) is 1. The summed E-state index contributed by atoms with van der Waals surface area (Å²) in [7, 11) is 3.84. The van der Waals surface area contributed by atoms with Gasteiger partial charge in [0.25, 0.3) is 5.91 Å². The minimum atomic E-state index is -0.488. The van der Waals surface area contributed by atoms with E-state index in [2.05, 4.69) is 4.98 Å². The monoisotopic (exact) mass is 456 g/mol. The molecule has 0 aliphatic carbocycles. The van der Waals surface area contributed by atoms with Crippen LogP contribution in [0.3, 0.4) is 0 Å². The highest BCUT2D eigenvalue weighted by Crippen LogP contribution is 2.33. The number of hydrogen-bond acceptors (Lipinski definition) is 8. The average Bonchev–Trinajstić information content (AvgIpc) is 3.28. The van der Waals surface area contributed by atoms with E-state index in [-0.39, 0.29) is 23.3 Å². The van der Waals surface area contributed by atoms with Crippen LogP contribution in [0.2, 0.25) is 0 Å². The quantitative estimate of drug-likeness (QED) is 0.371. The van der Waals surface area contributed by atoms with E-state index in [0.29, 0.717) is 29.7 Å². The average molecular weight is 457 g/mol. The lowest BCUT2D eigenvalue weighted by molar-refractivity contribution is -0.380. The fourth-order valence-electron chi connectivity index (χ4n) is 2.52. The van der Waals surface area contributed by atoms with Crippen molar-refractivity contribution in [2.75, 3.05) is 38.7 Å². The Hall–Kier alpha value is -2.27. The standard InChI is InChI=1S/C18H20N4O4S2.ClH/c1-4-26-12-5-6-13-15(11-12)28-18(19-13)21(10-9-20(2)3)17(23)14-7-8-16(27-14)22(24)25;/h5-8,11H,4,9-10H2,1-3H3;1H. The molecule has 2 heterocycles. The molecule has 0 unspecified atom stereocenters. The number of carbonyl (C=O) groups is 1. The predicted molar refractivity (Wildman–Crippen MR) is 119 cm³/mol. The molecule has 11 heteroatoms. The summed E-state index contributed by atoms with van der Waals surface area (Å²) >= 11 is 2.27. The maximum atomic E-state index is 13.1. The Balaban J connectivity index is 0.00000300. The lowest BCUT2D eigenvalue weighted by Gasteiger charge is -2.21. The highest BCUT2D eigenvalue weighted by molar-refractivity contribution is 7.22. The van der Waals surface area contributed by atoms with Crippen LogP contribution < -0.4 is 9.64 Å². The molecule has 1 amide bonds. The molecule has 156 valence electrons. The molecule has 0 spiro atoms. The normalized spacial score (nSPS) is 10.8. The van der Waals surface area contributed by atoms with E-state index in [0.717, 1.165) is 27.3 Å². The highest BCUT2D eigenvalue weighted by atomic mass is 35.5. The highest BCUT2D eigenvalue weighted by Gasteiger charge is 2.24. The number of fused-ring (bicyclic) bond motifs is 1. The molecule has 0 N–H and O–H groups in total. The van der Waals surface area contributed by atoms with Crippen molar-refractivity contribution in [2.45, 2.75) is 6.92 Å². The van der Waals surface area contributed by atoms with Crippen molar-refractivity contribution in [3.63, 3.8) is 0 Å². The van der Waals surface area contributed by atoms with Crippen LogP contribution in [0.5, 0.6) is 5.75 Å². The number of hydrogen-bond donors (Lipinski definition) is 0. The second kappa shape index (κ2) is 9.97. The summed E-state index contributed by atoms with van der Waals surface area (Å²) in [5.41, 5.74) is 0.781. The van der Waals surface area contributed by atoms with Gasteiger partial charge in [0.1, 0.15) is 5.75 Å². The maximum Gasteiger partial charge on any atom is 0.324 e. The Morgan fingerprint density at radius 3 is 2.59 bits per heavy atom. The molecule has 0 aliphatic rings. The van der Waals surface area contributed by atoms with Gasteiger partial charge in [-0.3, -0.25) is 19.8 Å². The molecule has 8 nitrogen and oxygen atoms in total. The number of aromatic nitrogens is 1. The lowest BCUT2D eigenvalue weighted by atomic mass is 10.3. The fraction of sp³-hybridized carbons (Fsp3) is 0.333. The minimum absolute atomic E-state index is 0. The zero-order chi connectivity index (χ0) is 20.3. The molecule has 29 heavy (non-hydrogen) atoms. The second-order valence-electron chi connectivity index (χ2n) is 6.21. The summed E-state index contributed by atoms with van der Waals surface area (Å²) in [6.07, 6.45) is 0. The Labute approximate surface area is 182 Å². The number of benzene rings is 1. The van der Waals surface area contributed by atoms with Gasteiger partial charge in [0.05, 0.1) is 26.6 Å². The van der Waals surface area contributed by atoms with Crippen molar-refractivity contribution in [2.24, 2.45) is 0 Å². The van der Waals surface area contributed by atoms with E-state index in [9.17, 15) is 14.9 Å². The van der Waals surface area contributed by atoms with E-state index >= 15 is 0 Å². The van der Waals surface area contributed by atoms with Gasteiger partial charge in [-0.2, -0.15) is 0 Å². The van der Waals surface area contributed by atoms with Gasteiger partial charge in [0.2, 0.25) is 0 Å². The topological polar surface area (TPSA) is 88.8 Å². The summed E-state index contributed by atoms with van der Waals surface area (Å²) in [5.74, 6) is 0.467. The largest absolute Gasteiger partial charge is 0.494 e. The molecular formula is C18H21ClN4O4S2. The Kier molecular flexibility index (Phi) is 7.91. The second-order valence-corrected chi connectivity index (χ2v) is 8.29. The number of halogens is 1. The summed E-state index contributed by atoms with van der Waals surface area (Å²) in [4.78, 5) is 32.0. The molecular weight excluding hydrogens is 436 g/mol. The molecule has 1 aromatic carbocycles. The number of nitro groups is 1. The van der Waals surface area contributed by atoms with Crippen molar-refractivity contribution in [1.29, 1.82) is 0 Å². The summed E-state index contributed by atoms with van der Waals surface area (Å²) in [6.45, 7) is 3.56. The van der Waals surface area contributed by atoms with Gasteiger partial charge in [-0.25, -0.2) is 4.98 Å². The molecule has 0 saturated heterocycles. The number of nitrogens with zero attached hydrogens (tertiary/aromatic N) is 4. The number of carbonyl (C=O) groups excluding carboxylic acids is 1. The first-order chi connectivity index (χ1) is 13.4. The third-order valence-corrected chi connectivity index (χ3v) is 5.96. The van der Waals surface area contributed by atoms with Crippen LogP contribution in [0, 0.1) is 10.1 Å². The Morgan fingerprint density at radius 1 is 1.21 bits per heavy atom. The third kappa shape index (κ3) is 5.41. The third-order valence-electron chi connectivity index (χ3n) is 3.89. The molecule has 0 bridgehead atoms. The Morgan fingerprint density at radius 2 is 1.97 bits per heavy atom. The number of amides is 1. The van der Waals surface area contributed by atoms with Crippen LogP contribution in [0.1, 0.15) is 16.6 Å². The zero-order valence-electron chi connectivity index (χ0n) is 16.2. The van der Waals surface area contributed by atoms with Crippen LogP contribution in [-0.2, 0) is 0 Å². The molecule has 0 fully saturated rings. The summed E-state index contributed by atoms with van der Waals surface area (Å²) in [6, 6.07) is 8.47. The van der Waals surface area contributed by atoms with Gasteiger partial charge >= 0.3 is 5.00 Å². The molecule has 0 atom stereocenters. The molecule has 3 rings (SSSR count). The molecule has 0 saturated carbocycles. The Bertz CT molecular complexity index is 1000. The predicted octanol–water partition coefficient (Wildman–Crippen LogP) is 4.29. The van der Waals surface area contributed by atoms with Crippen LogP contribution >= 0.6 is 35.1 Å². The molecule has 0 radical (unpaired) electrons. The SMILES string of the molecule is CCOc1ccc2nc(N(CCN(C)C)C(=O)c3ccc([N+](=O)[O-])s3)sc2c1.Cl. The van der Waals surface area contributed by atoms with Crippen LogP contribution in [-0.4, -0.2) is 54.5 Å². The van der Waals surface area contributed by atoms with Crippen LogP contribution in [0.4, 0.5) is 10.1 Å². The molecule has 0 aliphatic heterocycles. The first-order valence-electron chi connectivity index (χ1n) is 8.63. The summed E-state index contributed by atoms with van der Waals surface area (Å²) in [5, 5.41) is 11.5. The minimum Gasteiger partial charge on any atom is -0.494 e. The maximum absolute atomic E-state index is 13.1. The first-order valence-corrected chi connectivity index (χ1v) is 10.3. The van der Waals surface area contributed by atoms with E-state index in [1.165, 1.54) is 23.5 Å². The van der Waals surface area contributed by atoms with Crippen molar-refractivity contribution in [3.8, 4) is 5.75 Å². The van der Waals surface area contributed by atoms with Crippen LogP contribution in [0.25, 0.3) is 10.2 Å². The summed E-state index contributed by atoms with van der Waals surface area (Å²) < 4.78 is 6.45. The smallest absolute Gasteiger partial charge is 0.324 e. The van der Waals surface area contributed by atoms with Gasteiger partial charge < -0.3 is 9.64 Å². The number of anilines is 1. The van der Waals surface area contributed by atoms with Crippen molar-refractivity contribution < 1.29 is 14.5 Å². The van der Waals surface area contributed by atoms with Gasteiger partial charge in [-0.15, -0.1) is 12.4 Å². The van der Waals surface area contributed by atoms with Gasteiger partial charge in [0, 0.05) is 19.2 Å². The van der Waals surface area contributed by atoms with Crippen LogP contribution in [0.15, 0.2) is 30.3 Å². The van der Waals surface area contributed by atoms with E-state index in [4.69, 9.17) is 4.74 Å². The first kappa shape index (κ1) is 23.0. The van der Waals surface area contributed by atoms with Gasteiger partial charge in [-0.05, 0) is 45.3 Å². The number of rotatable bonds is 8. The molecule has 3 aromatic rings. The van der Waals surface area contributed by atoms with E-state index < -0.39 is 4.92 Å². The van der Waals surface area contributed by atoms with E-state index in [1.807, 2.05) is 44.1 Å². The molecule has 2 aromatic heterocycles. The lowest BCUT2D eigenvalue weighted by Crippen LogP contribution is -2.36. The zero-order valence-corrected chi connectivity index (χ0v) is 18.6. The van der Waals surface area contributed by atoms with Crippen molar-refractivity contribution in [1.82, 2.24) is 9.88 Å². The number of likely N-dealkylation sites (N-methyl/N-ethyl adjacent to an activating group) is 1. The van der Waals surface area contributed by atoms with Gasteiger partial charge in [-0.1, -0.05) is 22.7 Å². The number of thiazole rings is 1. The van der Waals surface area contributed by atoms with Gasteiger partial charge in [0.15, 0.2) is 5.13 Å². The van der Waals surface area contributed by atoms with Crippen molar-refractivity contribution in [3.05, 3.63) is 45.3 Å².